The number of benzene rings is 1. The number of aliphatic imine (C=N–C) groups is 1. The molecule has 20 heavy (non-hydrogen) atoms. The van der Waals surface area contributed by atoms with E-state index in [9.17, 15) is 9.59 Å². The summed E-state index contributed by atoms with van der Waals surface area (Å²) in [6.45, 7) is 1.48. The number of rotatable bonds is 4. The lowest BCUT2D eigenvalue weighted by molar-refractivity contribution is -0.122. The van der Waals surface area contributed by atoms with Crippen LogP contribution in [-0.4, -0.2) is 49.1 Å². The zero-order valence-corrected chi connectivity index (χ0v) is 11.6. The van der Waals surface area contributed by atoms with Gasteiger partial charge in [-0.3, -0.25) is 14.6 Å². The number of nitrogens with one attached hydrogen (secondary N) is 1. The van der Waals surface area contributed by atoms with Gasteiger partial charge in [0, 0.05) is 25.7 Å². The van der Waals surface area contributed by atoms with Crippen LogP contribution < -0.4 is 5.32 Å². The highest BCUT2D eigenvalue weighted by atomic mass is 16.2. The first-order chi connectivity index (χ1) is 9.68. The average molecular weight is 273 g/mol. The average Bonchev–Trinajstić information content (AvgIpc) is 2.76. The van der Waals surface area contributed by atoms with Gasteiger partial charge in [-0.1, -0.05) is 30.3 Å². The molecule has 0 saturated carbocycles. The van der Waals surface area contributed by atoms with E-state index in [1.165, 1.54) is 4.90 Å². The fraction of sp³-hybridized carbons (Fsp3) is 0.400. The summed E-state index contributed by atoms with van der Waals surface area (Å²) in [4.78, 5) is 29.9. The van der Waals surface area contributed by atoms with Crippen molar-refractivity contribution in [2.24, 2.45) is 4.99 Å². The molecule has 1 amide bonds. The standard InChI is InChI=1S/C15H19N3O2/c1-18(11-13(19)12-7-3-2-4-8-12)15(20)14-16-9-5-6-10-17-14/h2-4,7-8H,5-6,9-11H2,1H3,(H,16,17). The molecule has 0 aliphatic carbocycles. The predicted molar refractivity (Wildman–Crippen MR) is 77.9 cm³/mol. The minimum atomic E-state index is -0.226. The number of carbonyl (C=O) groups is 2. The normalized spacial score (nSPS) is 14.8. The summed E-state index contributed by atoms with van der Waals surface area (Å²) < 4.78 is 0. The summed E-state index contributed by atoms with van der Waals surface area (Å²) in [7, 11) is 1.62. The molecule has 1 aliphatic heterocycles. The Kier molecular flexibility index (Phi) is 4.87. The number of amidine groups is 1. The second-order valence-electron chi connectivity index (χ2n) is 4.81. The smallest absolute Gasteiger partial charge is 0.289 e. The van der Waals surface area contributed by atoms with Crippen LogP contribution in [0.3, 0.4) is 0 Å². The number of hydrogen-bond donors (Lipinski definition) is 1. The van der Waals surface area contributed by atoms with Gasteiger partial charge in [0.1, 0.15) is 0 Å². The molecule has 0 unspecified atom stereocenters. The summed E-state index contributed by atoms with van der Waals surface area (Å²) in [5, 5.41) is 3.02. The molecule has 0 bridgehead atoms. The Hall–Kier alpha value is -2.17. The molecule has 5 nitrogen and oxygen atoms in total. The van der Waals surface area contributed by atoms with Gasteiger partial charge in [-0.2, -0.15) is 0 Å². The summed E-state index contributed by atoms with van der Waals surface area (Å²) >= 11 is 0. The first-order valence-corrected chi connectivity index (χ1v) is 6.80. The Balaban J connectivity index is 1.97. The van der Waals surface area contributed by atoms with E-state index in [0.717, 1.165) is 19.4 Å². The van der Waals surface area contributed by atoms with Crippen LogP contribution in [0.2, 0.25) is 0 Å². The van der Waals surface area contributed by atoms with E-state index in [2.05, 4.69) is 10.3 Å². The highest BCUT2D eigenvalue weighted by Crippen LogP contribution is 2.02. The molecule has 1 aliphatic rings. The maximum atomic E-state index is 12.2. The first kappa shape index (κ1) is 14.2. The maximum Gasteiger partial charge on any atom is 0.289 e. The molecule has 1 aromatic carbocycles. The van der Waals surface area contributed by atoms with Gasteiger partial charge < -0.3 is 10.2 Å². The van der Waals surface area contributed by atoms with Crippen LogP contribution in [0.4, 0.5) is 0 Å². The number of nitrogens with zero attached hydrogens (tertiary/aromatic N) is 2. The molecule has 0 spiro atoms. The first-order valence-electron chi connectivity index (χ1n) is 6.80. The molecule has 1 N–H and O–H groups in total. The molecule has 1 heterocycles. The van der Waals surface area contributed by atoms with Crippen molar-refractivity contribution in [3.8, 4) is 0 Å². The Bertz CT molecular complexity index is 511. The molecule has 0 fully saturated rings. The highest BCUT2D eigenvalue weighted by molar-refractivity contribution is 6.38. The molecule has 0 radical (unpaired) electrons. The molecule has 0 saturated heterocycles. The van der Waals surface area contributed by atoms with Gasteiger partial charge in [0.25, 0.3) is 5.91 Å². The molecule has 0 aromatic heterocycles. The fourth-order valence-corrected chi connectivity index (χ4v) is 2.02. The third kappa shape index (κ3) is 3.66. The number of likely N-dealkylation sites (N-methyl/N-ethyl adjacent to an activating group) is 1. The minimum absolute atomic E-state index is 0.0591. The summed E-state index contributed by atoms with van der Waals surface area (Å²) in [5.74, 6) is 0.0673. The van der Waals surface area contributed by atoms with Crippen molar-refractivity contribution < 1.29 is 9.59 Å². The van der Waals surface area contributed by atoms with Crippen molar-refractivity contribution in [1.29, 1.82) is 0 Å². The van der Waals surface area contributed by atoms with Crippen molar-refractivity contribution in [3.63, 3.8) is 0 Å². The molecule has 0 atom stereocenters. The molecular formula is C15H19N3O2. The largest absolute Gasteiger partial charge is 0.366 e. The molecule has 2 rings (SSSR count). The Morgan fingerprint density at radius 2 is 2.00 bits per heavy atom. The number of amides is 1. The maximum absolute atomic E-state index is 12.2. The highest BCUT2D eigenvalue weighted by Gasteiger charge is 2.19. The minimum Gasteiger partial charge on any atom is -0.366 e. The lowest BCUT2D eigenvalue weighted by Crippen LogP contribution is -2.43. The van der Waals surface area contributed by atoms with E-state index in [1.807, 2.05) is 18.2 Å². The van der Waals surface area contributed by atoms with Crippen molar-refractivity contribution in [3.05, 3.63) is 35.9 Å². The number of carbonyl (C=O) groups excluding carboxylic acids is 2. The van der Waals surface area contributed by atoms with Crippen LogP contribution in [0.5, 0.6) is 0 Å². The van der Waals surface area contributed by atoms with Gasteiger partial charge in [-0.05, 0) is 12.8 Å². The van der Waals surface area contributed by atoms with E-state index < -0.39 is 0 Å². The molecular weight excluding hydrogens is 254 g/mol. The summed E-state index contributed by atoms with van der Waals surface area (Å²) in [6, 6.07) is 8.98. The van der Waals surface area contributed by atoms with Crippen LogP contribution in [0.25, 0.3) is 0 Å². The Morgan fingerprint density at radius 1 is 1.25 bits per heavy atom. The topological polar surface area (TPSA) is 61.8 Å². The second-order valence-corrected chi connectivity index (χ2v) is 4.81. The van der Waals surface area contributed by atoms with E-state index in [-0.39, 0.29) is 18.2 Å². The van der Waals surface area contributed by atoms with Gasteiger partial charge in [0.15, 0.2) is 11.6 Å². The van der Waals surface area contributed by atoms with Crippen LogP contribution in [0, 0.1) is 0 Å². The van der Waals surface area contributed by atoms with Crippen LogP contribution in [-0.2, 0) is 4.79 Å². The van der Waals surface area contributed by atoms with E-state index in [4.69, 9.17) is 0 Å². The van der Waals surface area contributed by atoms with Gasteiger partial charge in [0.2, 0.25) is 0 Å². The number of hydrogen-bond acceptors (Lipinski definition) is 4. The fourth-order valence-electron chi connectivity index (χ4n) is 2.02. The van der Waals surface area contributed by atoms with Crippen molar-refractivity contribution in [2.45, 2.75) is 12.8 Å². The lowest BCUT2D eigenvalue weighted by Gasteiger charge is -2.17. The van der Waals surface area contributed by atoms with E-state index in [1.54, 1.807) is 19.2 Å². The summed E-state index contributed by atoms with van der Waals surface area (Å²) in [5.41, 5.74) is 0.614. The van der Waals surface area contributed by atoms with Crippen molar-refractivity contribution >= 4 is 17.5 Å². The molecule has 1 aromatic rings. The quantitative estimate of drug-likeness (QED) is 0.836. The van der Waals surface area contributed by atoms with Crippen molar-refractivity contribution in [2.75, 3.05) is 26.7 Å². The zero-order valence-electron chi connectivity index (χ0n) is 11.6. The lowest BCUT2D eigenvalue weighted by atomic mass is 10.1. The Labute approximate surface area is 118 Å². The SMILES string of the molecule is CN(CC(=O)c1ccccc1)C(=O)C1=NCCCCN1. The van der Waals surface area contributed by atoms with E-state index >= 15 is 0 Å². The van der Waals surface area contributed by atoms with Crippen LogP contribution in [0.1, 0.15) is 23.2 Å². The summed E-state index contributed by atoms with van der Waals surface area (Å²) in [6.07, 6.45) is 1.99. The van der Waals surface area contributed by atoms with Crippen molar-refractivity contribution in [1.82, 2.24) is 10.2 Å². The van der Waals surface area contributed by atoms with Gasteiger partial charge in [0.05, 0.1) is 6.54 Å². The molecule has 5 heteroatoms. The van der Waals surface area contributed by atoms with Crippen LogP contribution in [0.15, 0.2) is 35.3 Å². The second kappa shape index (κ2) is 6.84. The van der Waals surface area contributed by atoms with Gasteiger partial charge in [-0.15, -0.1) is 0 Å². The predicted octanol–water partition coefficient (Wildman–Crippen LogP) is 1.11. The van der Waals surface area contributed by atoms with Crippen LogP contribution >= 0.6 is 0 Å². The monoisotopic (exact) mass is 273 g/mol. The third-order valence-corrected chi connectivity index (χ3v) is 3.17. The Morgan fingerprint density at radius 3 is 2.75 bits per heavy atom. The van der Waals surface area contributed by atoms with Gasteiger partial charge in [-0.25, -0.2) is 0 Å². The van der Waals surface area contributed by atoms with Gasteiger partial charge >= 0.3 is 0 Å². The molecule has 106 valence electrons. The zero-order chi connectivity index (χ0) is 14.4. The third-order valence-electron chi connectivity index (χ3n) is 3.17. The number of Topliss-reactive ketones (excluding diaryl/α,β-unsaturated/α-hetero) is 1. The number of ketones is 1. The van der Waals surface area contributed by atoms with E-state index in [0.29, 0.717) is 17.9 Å².